The number of aromatic nitrogens is 1. The molecule has 1 heterocycles. The van der Waals surface area contributed by atoms with Crippen LogP contribution >= 0.6 is 0 Å². The fourth-order valence-electron chi connectivity index (χ4n) is 2.42. The third kappa shape index (κ3) is 4.83. The number of nitrogens with zero attached hydrogens (tertiary/aromatic N) is 2. The smallest absolute Gasteiger partial charge is 0.274 e. The number of benzene rings is 2. The Morgan fingerprint density at radius 2 is 1.74 bits per heavy atom. The number of nitriles is 1. The number of nitrogens with one attached hydrogen (secondary N) is 2. The Labute approximate surface area is 157 Å². The maximum absolute atomic E-state index is 12.4. The highest BCUT2D eigenvalue weighted by Crippen LogP contribution is 2.19. The van der Waals surface area contributed by atoms with E-state index in [9.17, 15) is 4.79 Å². The first-order valence-corrected chi connectivity index (χ1v) is 8.45. The Bertz CT molecular complexity index is 961. The van der Waals surface area contributed by atoms with Gasteiger partial charge < -0.3 is 15.4 Å². The van der Waals surface area contributed by atoms with E-state index in [0.717, 1.165) is 17.1 Å². The van der Waals surface area contributed by atoms with Gasteiger partial charge in [-0.25, -0.2) is 0 Å². The van der Waals surface area contributed by atoms with Gasteiger partial charge >= 0.3 is 0 Å². The fraction of sp³-hybridized carbons (Fsp3) is 0.0952. The van der Waals surface area contributed by atoms with Crippen LogP contribution in [0, 0.1) is 11.3 Å². The molecule has 0 aliphatic heterocycles. The van der Waals surface area contributed by atoms with Crippen LogP contribution < -0.4 is 15.4 Å². The van der Waals surface area contributed by atoms with Gasteiger partial charge in [0.1, 0.15) is 11.4 Å². The summed E-state index contributed by atoms with van der Waals surface area (Å²) in [5.74, 6) is 0.449. The highest BCUT2D eigenvalue weighted by molar-refractivity contribution is 6.03. The average molecular weight is 358 g/mol. The molecule has 0 aliphatic carbocycles. The standard InChI is InChI=1S/C21H18N4O2/c1-2-27-19-9-7-17(8-10-19)25-21(26)20-13-18(11-12-23-20)24-16-5-3-15(14-22)4-6-16/h3-13H,2H2,1H3,(H,23,24)(H,25,26). The van der Waals surface area contributed by atoms with Gasteiger partial charge in [-0.05, 0) is 67.6 Å². The molecule has 0 spiro atoms. The summed E-state index contributed by atoms with van der Waals surface area (Å²) < 4.78 is 5.39. The summed E-state index contributed by atoms with van der Waals surface area (Å²) in [7, 11) is 0. The number of carbonyl (C=O) groups excluding carboxylic acids is 1. The van der Waals surface area contributed by atoms with Crippen molar-refractivity contribution in [2.75, 3.05) is 17.2 Å². The summed E-state index contributed by atoms with van der Waals surface area (Å²) in [6.45, 7) is 2.51. The quantitative estimate of drug-likeness (QED) is 0.684. The maximum atomic E-state index is 12.4. The second-order valence-electron chi connectivity index (χ2n) is 5.66. The van der Waals surface area contributed by atoms with E-state index >= 15 is 0 Å². The van der Waals surface area contributed by atoms with Crippen molar-refractivity contribution in [2.24, 2.45) is 0 Å². The Balaban J connectivity index is 1.68. The van der Waals surface area contributed by atoms with E-state index in [1.165, 1.54) is 0 Å². The Kier molecular flexibility index (Phi) is 5.65. The number of rotatable bonds is 6. The molecule has 6 heteroatoms. The molecule has 0 atom stereocenters. The van der Waals surface area contributed by atoms with Gasteiger partial charge in [-0.2, -0.15) is 5.26 Å². The minimum absolute atomic E-state index is 0.294. The molecule has 3 rings (SSSR count). The molecule has 0 saturated carbocycles. The summed E-state index contributed by atoms with van der Waals surface area (Å²) >= 11 is 0. The van der Waals surface area contributed by atoms with Crippen molar-refractivity contribution in [1.82, 2.24) is 4.98 Å². The Hall–Kier alpha value is -3.85. The van der Waals surface area contributed by atoms with Crippen molar-refractivity contribution < 1.29 is 9.53 Å². The van der Waals surface area contributed by atoms with Crippen LogP contribution in [-0.4, -0.2) is 17.5 Å². The number of amides is 1. The third-order valence-electron chi connectivity index (χ3n) is 3.72. The normalized spacial score (nSPS) is 9.93. The van der Waals surface area contributed by atoms with Gasteiger partial charge in [0.2, 0.25) is 0 Å². The summed E-state index contributed by atoms with van der Waals surface area (Å²) in [4.78, 5) is 16.6. The van der Waals surface area contributed by atoms with Gasteiger partial charge in [0, 0.05) is 23.3 Å². The van der Waals surface area contributed by atoms with E-state index in [0.29, 0.717) is 23.6 Å². The second-order valence-corrected chi connectivity index (χ2v) is 5.66. The van der Waals surface area contributed by atoms with Crippen molar-refractivity contribution in [3.63, 3.8) is 0 Å². The first kappa shape index (κ1) is 18.0. The molecular formula is C21H18N4O2. The molecule has 0 unspecified atom stereocenters. The summed E-state index contributed by atoms with van der Waals surface area (Å²) in [5, 5.41) is 14.9. The predicted molar refractivity (Wildman–Crippen MR) is 104 cm³/mol. The lowest BCUT2D eigenvalue weighted by molar-refractivity contribution is 0.102. The molecule has 0 saturated heterocycles. The third-order valence-corrected chi connectivity index (χ3v) is 3.72. The predicted octanol–water partition coefficient (Wildman–Crippen LogP) is 4.35. The SMILES string of the molecule is CCOc1ccc(NC(=O)c2cc(Nc3ccc(C#N)cc3)ccn2)cc1. The van der Waals surface area contributed by atoms with E-state index in [4.69, 9.17) is 10.00 Å². The van der Waals surface area contributed by atoms with Crippen molar-refractivity contribution in [1.29, 1.82) is 5.26 Å². The van der Waals surface area contributed by atoms with E-state index in [-0.39, 0.29) is 5.91 Å². The number of hydrogen-bond acceptors (Lipinski definition) is 5. The highest BCUT2D eigenvalue weighted by atomic mass is 16.5. The summed E-state index contributed by atoms with van der Waals surface area (Å²) in [6, 6.07) is 19.7. The number of pyridine rings is 1. The zero-order valence-corrected chi connectivity index (χ0v) is 14.8. The van der Waals surface area contributed by atoms with Crippen LogP contribution in [0.3, 0.4) is 0 Å². The van der Waals surface area contributed by atoms with Gasteiger partial charge in [-0.15, -0.1) is 0 Å². The van der Waals surface area contributed by atoms with Crippen LogP contribution in [0.1, 0.15) is 23.0 Å². The topological polar surface area (TPSA) is 87.0 Å². The minimum Gasteiger partial charge on any atom is -0.494 e. The average Bonchev–Trinajstić information content (AvgIpc) is 2.70. The molecule has 3 aromatic rings. The van der Waals surface area contributed by atoms with E-state index in [1.54, 1.807) is 66.9 Å². The number of carbonyl (C=O) groups is 1. The summed E-state index contributed by atoms with van der Waals surface area (Å²) in [6.07, 6.45) is 1.57. The van der Waals surface area contributed by atoms with Crippen LogP contribution in [0.5, 0.6) is 5.75 Å². The lowest BCUT2D eigenvalue weighted by Gasteiger charge is -2.09. The first-order valence-electron chi connectivity index (χ1n) is 8.45. The van der Waals surface area contributed by atoms with Crippen LogP contribution in [0.25, 0.3) is 0 Å². The highest BCUT2D eigenvalue weighted by Gasteiger charge is 2.09. The molecule has 2 aromatic carbocycles. The summed E-state index contributed by atoms with van der Waals surface area (Å²) in [5.41, 5.74) is 3.09. The zero-order valence-electron chi connectivity index (χ0n) is 14.8. The molecular weight excluding hydrogens is 340 g/mol. The van der Waals surface area contributed by atoms with Crippen molar-refractivity contribution in [3.05, 3.63) is 78.1 Å². The monoisotopic (exact) mass is 358 g/mol. The number of hydrogen-bond donors (Lipinski definition) is 2. The van der Waals surface area contributed by atoms with Gasteiger partial charge in [-0.3, -0.25) is 9.78 Å². The molecule has 0 aliphatic rings. The van der Waals surface area contributed by atoms with E-state index in [2.05, 4.69) is 21.7 Å². The van der Waals surface area contributed by atoms with Gasteiger partial charge in [0.05, 0.1) is 18.2 Å². The van der Waals surface area contributed by atoms with Gasteiger partial charge in [0.15, 0.2) is 0 Å². The zero-order chi connectivity index (χ0) is 19.1. The van der Waals surface area contributed by atoms with Crippen LogP contribution in [0.15, 0.2) is 66.9 Å². The van der Waals surface area contributed by atoms with E-state index in [1.807, 2.05) is 6.92 Å². The number of ether oxygens (including phenoxy) is 1. The first-order chi connectivity index (χ1) is 13.2. The largest absolute Gasteiger partial charge is 0.494 e. The minimum atomic E-state index is -0.303. The van der Waals surface area contributed by atoms with Crippen molar-refractivity contribution in [2.45, 2.75) is 6.92 Å². The van der Waals surface area contributed by atoms with Crippen LogP contribution in [0.2, 0.25) is 0 Å². The Morgan fingerprint density at radius 3 is 2.41 bits per heavy atom. The number of anilines is 3. The van der Waals surface area contributed by atoms with Crippen LogP contribution in [-0.2, 0) is 0 Å². The van der Waals surface area contributed by atoms with Crippen molar-refractivity contribution >= 4 is 23.0 Å². The molecule has 134 valence electrons. The second kappa shape index (κ2) is 8.50. The molecule has 2 N–H and O–H groups in total. The lowest BCUT2D eigenvalue weighted by Crippen LogP contribution is -2.13. The molecule has 0 fully saturated rings. The van der Waals surface area contributed by atoms with Gasteiger partial charge in [-0.1, -0.05) is 0 Å². The Morgan fingerprint density at radius 1 is 1.04 bits per heavy atom. The molecule has 1 aromatic heterocycles. The van der Waals surface area contributed by atoms with Gasteiger partial charge in [0.25, 0.3) is 5.91 Å². The lowest BCUT2D eigenvalue weighted by atomic mass is 10.2. The maximum Gasteiger partial charge on any atom is 0.274 e. The van der Waals surface area contributed by atoms with Crippen molar-refractivity contribution in [3.8, 4) is 11.8 Å². The molecule has 0 bridgehead atoms. The van der Waals surface area contributed by atoms with Crippen LogP contribution in [0.4, 0.5) is 17.1 Å². The molecule has 0 radical (unpaired) electrons. The molecule has 6 nitrogen and oxygen atoms in total. The van der Waals surface area contributed by atoms with E-state index < -0.39 is 0 Å². The molecule has 1 amide bonds. The molecule has 27 heavy (non-hydrogen) atoms. The fourth-order valence-corrected chi connectivity index (χ4v) is 2.42.